The van der Waals surface area contributed by atoms with E-state index in [1.54, 1.807) is 0 Å². The average molecular weight is 299 g/mol. The molecule has 1 aromatic carbocycles. The van der Waals surface area contributed by atoms with Crippen molar-refractivity contribution in [3.63, 3.8) is 0 Å². The van der Waals surface area contributed by atoms with Gasteiger partial charge >= 0.3 is 0 Å². The molecular weight excluding hydrogens is 282 g/mol. The van der Waals surface area contributed by atoms with Crippen LogP contribution in [0.15, 0.2) is 29.2 Å². The smallest absolute Gasteiger partial charge is 0.289 e. The molecule has 1 aliphatic heterocycles. The Morgan fingerprint density at radius 2 is 1.95 bits per heavy atom. The summed E-state index contributed by atoms with van der Waals surface area (Å²) in [5.74, 6) is 0.272. The molecule has 0 spiro atoms. The SMILES string of the molecule is O=[N+]([O-])c1ccccc1S(=O)(=O)NCC1CCNCC1. The lowest BCUT2D eigenvalue weighted by Gasteiger charge is -2.22. The van der Waals surface area contributed by atoms with Gasteiger partial charge in [0.05, 0.1) is 4.92 Å². The summed E-state index contributed by atoms with van der Waals surface area (Å²) in [6, 6.07) is 5.37. The van der Waals surface area contributed by atoms with Crippen LogP contribution in [0.1, 0.15) is 12.8 Å². The van der Waals surface area contributed by atoms with E-state index in [2.05, 4.69) is 10.0 Å². The van der Waals surface area contributed by atoms with Crippen LogP contribution in [0.3, 0.4) is 0 Å². The molecule has 7 nitrogen and oxygen atoms in total. The van der Waals surface area contributed by atoms with Gasteiger partial charge in [0, 0.05) is 12.6 Å². The molecule has 8 heteroatoms. The van der Waals surface area contributed by atoms with E-state index in [0.717, 1.165) is 25.9 Å². The van der Waals surface area contributed by atoms with Crippen LogP contribution < -0.4 is 10.0 Å². The standard InChI is InChI=1S/C12H17N3O4S/c16-15(17)11-3-1-2-4-12(11)20(18,19)14-9-10-5-7-13-8-6-10/h1-4,10,13-14H,5-9H2. The van der Waals surface area contributed by atoms with Crippen molar-refractivity contribution < 1.29 is 13.3 Å². The molecule has 1 heterocycles. The van der Waals surface area contributed by atoms with Gasteiger partial charge in [-0.2, -0.15) is 0 Å². The van der Waals surface area contributed by atoms with Gasteiger partial charge in [0.2, 0.25) is 10.0 Å². The van der Waals surface area contributed by atoms with E-state index in [9.17, 15) is 18.5 Å². The minimum Gasteiger partial charge on any atom is -0.317 e. The Bertz CT molecular complexity index is 582. The van der Waals surface area contributed by atoms with E-state index in [4.69, 9.17) is 0 Å². The number of benzene rings is 1. The highest BCUT2D eigenvalue weighted by molar-refractivity contribution is 7.89. The van der Waals surface area contributed by atoms with Crippen molar-refractivity contribution in [3.05, 3.63) is 34.4 Å². The molecular formula is C12H17N3O4S. The van der Waals surface area contributed by atoms with E-state index in [1.807, 2.05) is 0 Å². The lowest BCUT2D eigenvalue weighted by molar-refractivity contribution is -0.387. The van der Waals surface area contributed by atoms with Crippen molar-refractivity contribution in [2.45, 2.75) is 17.7 Å². The maximum atomic E-state index is 12.2. The largest absolute Gasteiger partial charge is 0.317 e. The third-order valence-electron chi connectivity index (χ3n) is 3.37. The zero-order valence-electron chi connectivity index (χ0n) is 10.9. The fourth-order valence-electron chi connectivity index (χ4n) is 2.23. The van der Waals surface area contributed by atoms with Gasteiger partial charge in [-0.25, -0.2) is 13.1 Å². The van der Waals surface area contributed by atoms with Crippen LogP contribution in [0.25, 0.3) is 0 Å². The molecule has 0 amide bonds. The second kappa shape index (κ2) is 6.29. The zero-order chi connectivity index (χ0) is 14.6. The third-order valence-corrected chi connectivity index (χ3v) is 4.84. The maximum absolute atomic E-state index is 12.2. The predicted molar refractivity (Wildman–Crippen MR) is 73.9 cm³/mol. The monoisotopic (exact) mass is 299 g/mol. The molecule has 0 aliphatic carbocycles. The highest BCUT2D eigenvalue weighted by atomic mass is 32.2. The summed E-state index contributed by atoms with van der Waals surface area (Å²) in [7, 11) is -3.85. The third kappa shape index (κ3) is 3.53. The van der Waals surface area contributed by atoms with E-state index in [0.29, 0.717) is 6.54 Å². The molecule has 0 unspecified atom stereocenters. The highest BCUT2D eigenvalue weighted by Gasteiger charge is 2.26. The molecule has 1 fully saturated rings. The van der Waals surface area contributed by atoms with Gasteiger partial charge in [-0.15, -0.1) is 0 Å². The quantitative estimate of drug-likeness (QED) is 0.620. The number of nitro benzene ring substituents is 1. The topological polar surface area (TPSA) is 101 Å². The number of para-hydroxylation sites is 1. The van der Waals surface area contributed by atoms with E-state index in [1.165, 1.54) is 24.3 Å². The molecule has 1 aromatic rings. The van der Waals surface area contributed by atoms with E-state index in [-0.39, 0.29) is 10.8 Å². The Kier molecular flexibility index (Phi) is 4.69. The van der Waals surface area contributed by atoms with Gasteiger partial charge in [0.15, 0.2) is 4.90 Å². The number of hydrogen-bond donors (Lipinski definition) is 2. The van der Waals surface area contributed by atoms with Crippen molar-refractivity contribution in [2.24, 2.45) is 5.92 Å². The van der Waals surface area contributed by atoms with Gasteiger partial charge in [-0.05, 0) is 37.9 Å². The van der Waals surface area contributed by atoms with Gasteiger partial charge < -0.3 is 5.32 Å². The second-order valence-electron chi connectivity index (χ2n) is 4.77. The van der Waals surface area contributed by atoms with Crippen LogP contribution in [0.5, 0.6) is 0 Å². The number of nitrogens with zero attached hydrogens (tertiary/aromatic N) is 1. The highest BCUT2D eigenvalue weighted by Crippen LogP contribution is 2.23. The fraction of sp³-hybridized carbons (Fsp3) is 0.500. The molecule has 20 heavy (non-hydrogen) atoms. The predicted octanol–water partition coefficient (Wildman–Crippen LogP) is 0.873. The number of sulfonamides is 1. The Morgan fingerprint density at radius 3 is 2.60 bits per heavy atom. The molecule has 2 N–H and O–H groups in total. The Hall–Kier alpha value is -1.51. The minimum absolute atomic E-state index is 0.272. The van der Waals surface area contributed by atoms with Crippen LogP contribution in [0, 0.1) is 16.0 Å². The van der Waals surface area contributed by atoms with Crippen molar-refractivity contribution in [1.82, 2.24) is 10.0 Å². The van der Waals surface area contributed by atoms with Gasteiger partial charge in [-0.3, -0.25) is 10.1 Å². The first kappa shape index (κ1) is 14.9. The summed E-state index contributed by atoms with van der Waals surface area (Å²) in [4.78, 5) is 9.92. The van der Waals surface area contributed by atoms with E-state index >= 15 is 0 Å². The first-order valence-corrected chi connectivity index (χ1v) is 7.93. The number of piperidine rings is 1. The molecule has 1 saturated heterocycles. The molecule has 110 valence electrons. The van der Waals surface area contributed by atoms with Gasteiger partial charge in [0.1, 0.15) is 0 Å². The Balaban J connectivity index is 2.12. The summed E-state index contributed by atoms with van der Waals surface area (Å²) < 4.78 is 26.8. The molecule has 0 atom stereocenters. The van der Waals surface area contributed by atoms with Crippen LogP contribution in [-0.4, -0.2) is 33.0 Å². The summed E-state index contributed by atoms with van der Waals surface area (Å²) in [5, 5.41) is 14.1. The fourth-order valence-corrected chi connectivity index (χ4v) is 3.51. The van der Waals surface area contributed by atoms with Crippen molar-refractivity contribution in [3.8, 4) is 0 Å². The molecule has 0 bridgehead atoms. The lowest BCUT2D eigenvalue weighted by atomic mass is 9.99. The van der Waals surface area contributed by atoms with Gasteiger partial charge in [-0.1, -0.05) is 12.1 Å². The van der Waals surface area contributed by atoms with Crippen LogP contribution in [0.2, 0.25) is 0 Å². The normalized spacial score (nSPS) is 17.0. The molecule has 0 aromatic heterocycles. The maximum Gasteiger partial charge on any atom is 0.289 e. The second-order valence-corrected chi connectivity index (χ2v) is 6.51. The minimum atomic E-state index is -3.85. The molecule has 2 rings (SSSR count). The van der Waals surface area contributed by atoms with Crippen molar-refractivity contribution >= 4 is 15.7 Å². The summed E-state index contributed by atoms with van der Waals surface area (Å²) in [6.07, 6.45) is 1.80. The van der Waals surface area contributed by atoms with Gasteiger partial charge in [0.25, 0.3) is 5.69 Å². The number of nitrogens with one attached hydrogen (secondary N) is 2. The van der Waals surface area contributed by atoms with Crippen LogP contribution in [0.4, 0.5) is 5.69 Å². The molecule has 0 saturated carbocycles. The molecule has 0 radical (unpaired) electrons. The number of rotatable bonds is 5. The summed E-state index contributed by atoms with van der Waals surface area (Å²) >= 11 is 0. The van der Waals surface area contributed by atoms with Crippen molar-refractivity contribution in [1.29, 1.82) is 0 Å². The number of hydrogen-bond acceptors (Lipinski definition) is 5. The average Bonchev–Trinajstić information content (AvgIpc) is 2.46. The van der Waals surface area contributed by atoms with Crippen LogP contribution in [-0.2, 0) is 10.0 Å². The zero-order valence-corrected chi connectivity index (χ0v) is 11.7. The van der Waals surface area contributed by atoms with Crippen molar-refractivity contribution in [2.75, 3.05) is 19.6 Å². The molecule has 1 aliphatic rings. The van der Waals surface area contributed by atoms with E-state index < -0.39 is 20.6 Å². The first-order chi connectivity index (χ1) is 9.50. The lowest BCUT2D eigenvalue weighted by Crippen LogP contribution is -2.36. The Morgan fingerprint density at radius 1 is 1.30 bits per heavy atom. The van der Waals surface area contributed by atoms with Crippen LogP contribution >= 0.6 is 0 Å². The first-order valence-electron chi connectivity index (χ1n) is 6.44. The summed E-state index contributed by atoms with van der Waals surface area (Å²) in [6.45, 7) is 2.06. The Labute approximate surface area is 117 Å². The summed E-state index contributed by atoms with van der Waals surface area (Å²) in [5.41, 5.74) is -0.398. The number of nitro groups is 1.